The molecule has 0 saturated heterocycles. The lowest BCUT2D eigenvalue weighted by Gasteiger charge is -2.25. The lowest BCUT2D eigenvalue weighted by Crippen LogP contribution is -2.37. The average molecular weight is 243 g/mol. The van der Waals surface area contributed by atoms with Crippen molar-refractivity contribution in [2.45, 2.75) is 12.3 Å². The number of fused-ring (bicyclic) bond motifs is 1. The molecule has 0 spiro atoms. The van der Waals surface area contributed by atoms with E-state index in [-0.39, 0.29) is 11.3 Å². The minimum Gasteiger partial charge on any atom is -0.475 e. The highest BCUT2D eigenvalue weighted by Gasteiger charge is 2.46. The van der Waals surface area contributed by atoms with Gasteiger partial charge in [-0.05, 0) is 18.2 Å². The first kappa shape index (κ1) is 11.5. The van der Waals surface area contributed by atoms with Gasteiger partial charge in [-0.25, -0.2) is 4.39 Å². The van der Waals surface area contributed by atoms with E-state index in [2.05, 4.69) is 4.74 Å². The number of rotatable bonds is 0. The predicted molar refractivity (Wildman–Crippen MR) is 50.5 cm³/mol. The van der Waals surface area contributed by atoms with E-state index in [0.717, 1.165) is 18.2 Å². The van der Waals surface area contributed by atoms with Crippen LogP contribution in [0.5, 0.6) is 5.75 Å². The summed E-state index contributed by atoms with van der Waals surface area (Å²) in [6, 6.07) is 4.64. The molecule has 17 heavy (non-hydrogen) atoms. The Hall–Kier alpha value is -2.03. The highest BCUT2D eigenvalue weighted by molar-refractivity contribution is 5.66. The summed E-state index contributed by atoms with van der Waals surface area (Å²) in [7, 11) is 0. The van der Waals surface area contributed by atoms with E-state index in [1.807, 2.05) is 0 Å². The third-order valence-electron chi connectivity index (χ3n) is 2.24. The van der Waals surface area contributed by atoms with E-state index < -0.39 is 23.7 Å². The third kappa shape index (κ3) is 2.09. The molecule has 0 radical (unpaired) electrons. The first-order valence-electron chi connectivity index (χ1n) is 4.56. The summed E-state index contributed by atoms with van der Waals surface area (Å²) < 4.78 is 55.2. The van der Waals surface area contributed by atoms with Gasteiger partial charge in [0.15, 0.2) is 0 Å². The Balaban J connectivity index is 2.50. The van der Waals surface area contributed by atoms with Gasteiger partial charge in [0.25, 0.3) is 0 Å². The second-order valence-electron chi connectivity index (χ2n) is 3.43. The minimum absolute atomic E-state index is 0.216. The van der Waals surface area contributed by atoms with Crippen LogP contribution in [0.4, 0.5) is 17.6 Å². The van der Waals surface area contributed by atoms with Gasteiger partial charge in [0.1, 0.15) is 11.6 Å². The molecule has 0 amide bonds. The van der Waals surface area contributed by atoms with Crippen LogP contribution in [-0.2, 0) is 0 Å². The van der Waals surface area contributed by atoms with E-state index in [1.54, 1.807) is 0 Å². The van der Waals surface area contributed by atoms with Gasteiger partial charge in [-0.15, -0.1) is 0 Å². The van der Waals surface area contributed by atoms with Crippen molar-refractivity contribution in [3.63, 3.8) is 0 Å². The minimum atomic E-state index is -4.70. The summed E-state index contributed by atoms with van der Waals surface area (Å²) in [5.41, 5.74) is -0.292. The molecule has 88 valence electrons. The molecule has 6 heteroatoms. The quantitative estimate of drug-likeness (QED) is 0.656. The summed E-state index contributed by atoms with van der Waals surface area (Å²) in [5, 5.41) is 8.63. The highest BCUT2D eigenvalue weighted by atomic mass is 19.4. The molecule has 1 aliphatic rings. The van der Waals surface area contributed by atoms with E-state index >= 15 is 0 Å². The molecular weight excluding hydrogens is 238 g/mol. The normalized spacial score (nSPS) is 18.8. The fraction of sp³-hybridized carbons (Fsp3) is 0.182. The van der Waals surface area contributed by atoms with E-state index in [4.69, 9.17) is 5.26 Å². The molecule has 0 unspecified atom stereocenters. The van der Waals surface area contributed by atoms with Crippen LogP contribution >= 0.6 is 0 Å². The molecule has 1 heterocycles. The molecule has 0 bridgehead atoms. The molecule has 1 aromatic rings. The van der Waals surface area contributed by atoms with Crippen LogP contribution in [0.25, 0.3) is 6.08 Å². The van der Waals surface area contributed by atoms with Crippen molar-refractivity contribution < 1.29 is 22.3 Å². The van der Waals surface area contributed by atoms with Crippen LogP contribution in [0.3, 0.4) is 0 Å². The third-order valence-corrected chi connectivity index (χ3v) is 2.24. The Labute approximate surface area is 93.7 Å². The van der Waals surface area contributed by atoms with Crippen molar-refractivity contribution in [2.24, 2.45) is 0 Å². The second kappa shape index (κ2) is 3.77. The topological polar surface area (TPSA) is 33.0 Å². The maximum atomic E-state index is 12.9. The van der Waals surface area contributed by atoms with Crippen molar-refractivity contribution >= 4 is 6.08 Å². The average Bonchev–Trinajstić information content (AvgIpc) is 2.26. The number of alkyl halides is 3. The second-order valence-corrected chi connectivity index (χ2v) is 3.43. The van der Waals surface area contributed by atoms with E-state index in [0.29, 0.717) is 0 Å². The van der Waals surface area contributed by atoms with Crippen molar-refractivity contribution in [3.8, 4) is 11.8 Å². The van der Waals surface area contributed by atoms with Gasteiger partial charge >= 0.3 is 6.18 Å². The number of hydrogen-bond acceptors (Lipinski definition) is 2. The van der Waals surface area contributed by atoms with Gasteiger partial charge in [0.05, 0.1) is 11.6 Å². The first-order valence-corrected chi connectivity index (χ1v) is 4.56. The molecule has 0 fully saturated rings. The molecule has 1 aliphatic heterocycles. The number of ether oxygens (including phenoxy) is 1. The molecular formula is C11H5F4NO. The zero-order valence-corrected chi connectivity index (χ0v) is 8.25. The van der Waals surface area contributed by atoms with Gasteiger partial charge in [-0.3, -0.25) is 0 Å². The molecule has 0 aliphatic carbocycles. The first-order chi connectivity index (χ1) is 7.91. The van der Waals surface area contributed by atoms with Gasteiger partial charge in [0, 0.05) is 11.6 Å². The number of nitriles is 1. The van der Waals surface area contributed by atoms with Crippen LogP contribution in [0.1, 0.15) is 5.56 Å². The zero-order valence-electron chi connectivity index (χ0n) is 8.25. The fourth-order valence-corrected chi connectivity index (χ4v) is 1.50. The summed E-state index contributed by atoms with van der Waals surface area (Å²) in [4.78, 5) is 0. The molecule has 0 N–H and O–H groups in total. The fourth-order valence-electron chi connectivity index (χ4n) is 1.50. The molecule has 1 aromatic carbocycles. The monoisotopic (exact) mass is 243 g/mol. The van der Waals surface area contributed by atoms with Gasteiger partial charge in [-0.1, -0.05) is 0 Å². The maximum absolute atomic E-state index is 12.9. The van der Waals surface area contributed by atoms with Gasteiger partial charge in [0.2, 0.25) is 6.10 Å². The SMILES string of the molecule is N#CC1=Cc2ccc(F)cc2O[C@H]1C(F)(F)F. The van der Waals surface area contributed by atoms with E-state index in [9.17, 15) is 17.6 Å². The Morgan fingerprint density at radius 3 is 2.59 bits per heavy atom. The Morgan fingerprint density at radius 1 is 1.29 bits per heavy atom. The van der Waals surface area contributed by atoms with Crippen LogP contribution in [0, 0.1) is 17.1 Å². The van der Waals surface area contributed by atoms with Crippen LogP contribution in [0.15, 0.2) is 23.8 Å². The standard InChI is InChI=1S/C11H5F4NO/c12-8-2-1-6-3-7(5-16)10(11(13,14)15)17-9(6)4-8/h1-4,10H/t10-/m1/s1. The molecule has 2 rings (SSSR count). The van der Waals surface area contributed by atoms with Crippen LogP contribution in [-0.4, -0.2) is 12.3 Å². The lowest BCUT2D eigenvalue weighted by atomic mass is 10.0. The molecule has 2 nitrogen and oxygen atoms in total. The number of benzene rings is 1. The van der Waals surface area contributed by atoms with Crippen molar-refractivity contribution in [1.82, 2.24) is 0 Å². The van der Waals surface area contributed by atoms with Crippen molar-refractivity contribution in [2.75, 3.05) is 0 Å². The molecule has 1 atom stereocenters. The maximum Gasteiger partial charge on any atom is 0.430 e. The highest BCUT2D eigenvalue weighted by Crippen LogP contribution is 2.36. The Bertz CT molecular complexity index is 527. The van der Waals surface area contributed by atoms with Gasteiger partial charge < -0.3 is 4.74 Å². The molecule has 0 saturated carbocycles. The summed E-state index contributed by atoms with van der Waals surface area (Å²) in [5.74, 6) is -0.912. The Kier molecular flexibility index (Phi) is 2.54. The number of hydrogen-bond donors (Lipinski definition) is 0. The van der Waals surface area contributed by atoms with Crippen molar-refractivity contribution in [1.29, 1.82) is 5.26 Å². The van der Waals surface area contributed by atoms with Crippen molar-refractivity contribution in [3.05, 3.63) is 35.2 Å². The predicted octanol–water partition coefficient (Wildman–Crippen LogP) is 3.06. The smallest absolute Gasteiger partial charge is 0.430 e. The van der Waals surface area contributed by atoms with E-state index in [1.165, 1.54) is 12.1 Å². The number of nitrogens with zero attached hydrogens (tertiary/aromatic N) is 1. The van der Waals surface area contributed by atoms with Gasteiger partial charge in [-0.2, -0.15) is 18.4 Å². The van der Waals surface area contributed by atoms with Crippen LogP contribution in [0.2, 0.25) is 0 Å². The lowest BCUT2D eigenvalue weighted by molar-refractivity contribution is -0.182. The summed E-state index contributed by atoms with van der Waals surface area (Å²) in [6.45, 7) is 0. The summed E-state index contributed by atoms with van der Waals surface area (Å²) in [6.07, 6.45) is -5.98. The zero-order chi connectivity index (χ0) is 12.6. The Morgan fingerprint density at radius 2 is 2.00 bits per heavy atom. The molecule has 0 aromatic heterocycles. The van der Waals surface area contributed by atoms with Crippen LogP contribution < -0.4 is 4.74 Å². The summed E-state index contributed by atoms with van der Waals surface area (Å²) >= 11 is 0. The largest absolute Gasteiger partial charge is 0.475 e. The number of halogens is 4.